The maximum Gasteiger partial charge on any atom is 0.439 e. The molecule has 0 saturated heterocycles. The van der Waals surface area contributed by atoms with Gasteiger partial charge in [0.15, 0.2) is 5.82 Å². The summed E-state index contributed by atoms with van der Waals surface area (Å²) in [6, 6.07) is 24.4. The fourth-order valence-electron chi connectivity index (χ4n) is 2.87. The third-order valence-corrected chi connectivity index (χ3v) is 4.40. The predicted octanol–water partition coefficient (Wildman–Crippen LogP) is 4.26. The second-order valence-electron chi connectivity index (χ2n) is 6.69. The summed E-state index contributed by atoms with van der Waals surface area (Å²) in [6.45, 7) is 0.500. The van der Waals surface area contributed by atoms with E-state index in [1.807, 2.05) is 54.6 Å². The van der Waals surface area contributed by atoms with Crippen LogP contribution in [0.15, 0.2) is 94.3 Å². The van der Waals surface area contributed by atoms with E-state index < -0.39 is 5.76 Å². The Morgan fingerprint density at radius 1 is 1.03 bits per heavy atom. The minimum absolute atomic E-state index is 0.282. The van der Waals surface area contributed by atoms with Crippen LogP contribution < -0.4 is 15.8 Å². The molecule has 0 saturated carbocycles. The van der Waals surface area contributed by atoms with Crippen LogP contribution in [0.25, 0.3) is 17.5 Å². The summed E-state index contributed by atoms with van der Waals surface area (Å²) in [5.41, 5.74) is 3.16. The zero-order chi connectivity index (χ0) is 21.5. The van der Waals surface area contributed by atoms with Crippen molar-refractivity contribution in [3.8, 4) is 17.1 Å². The zero-order valence-corrected chi connectivity index (χ0v) is 16.4. The summed E-state index contributed by atoms with van der Waals surface area (Å²) in [5, 5.41) is 6.42. The number of hydrogen-bond donors (Lipinski definition) is 2. The molecule has 2 N–H and O–H groups in total. The van der Waals surface area contributed by atoms with Gasteiger partial charge in [-0.05, 0) is 41.5 Å². The average molecular weight is 413 g/mol. The van der Waals surface area contributed by atoms with Crippen LogP contribution in [0.3, 0.4) is 0 Å². The van der Waals surface area contributed by atoms with Gasteiger partial charge in [0.05, 0.1) is 0 Å². The van der Waals surface area contributed by atoms with E-state index in [0.29, 0.717) is 23.7 Å². The highest BCUT2D eigenvalue weighted by Crippen LogP contribution is 2.19. The van der Waals surface area contributed by atoms with Gasteiger partial charge in [-0.25, -0.2) is 4.79 Å². The van der Waals surface area contributed by atoms with E-state index in [0.717, 1.165) is 16.9 Å². The number of carbonyl (C=O) groups is 1. The van der Waals surface area contributed by atoms with Crippen molar-refractivity contribution < 1.29 is 14.1 Å². The number of amides is 1. The SMILES string of the molecule is O=C(/C=C/c1ccc(OCc2ccccc2)cc1)Nc1cccc(-c2noc(=O)[nH]2)c1. The Labute approximate surface area is 178 Å². The molecule has 0 aliphatic carbocycles. The Hall–Kier alpha value is -4.39. The molecule has 7 nitrogen and oxygen atoms in total. The Balaban J connectivity index is 1.33. The normalized spacial score (nSPS) is 10.8. The fourth-order valence-corrected chi connectivity index (χ4v) is 2.87. The van der Waals surface area contributed by atoms with Gasteiger partial charge in [-0.1, -0.05) is 59.8 Å². The summed E-state index contributed by atoms with van der Waals surface area (Å²) in [5.74, 6) is 0.137. The van der Waals surface area contributed by atoms with E-state index >= 15 is 0 Å². The number of nitrogens with zero attached hydrogens (tertiary/aromatic N) is 1. The highest BCUT2D eigenvalue weighted by atomic mass is 16.5. The van der Waals surface area contributed by atoms with Crippen LogP contribution in [0.4, 0.5) is 5.69 Å². The number of hydrogen-bond acceptors (Lipinski definition) is 5. The lowest BCUT2D eigenvalue weighted by atomic mass is 10.2. The molecule has 3 aromatic carbocycles. The van der Waals surface area contributed by atoms with Crippen LogP contribution in [0.2, 0.25) is 0 Å². The lowest BCUT2D eigenvalue weighted by molar-refractivity contribution is -0.111. The molecule has 0 atom stereocenters. The molecule has 0 bridgehead atoms. The van der Waals surface area contributed by atoms with Gasteiger partial charge < -0.3 is 10.1 Å². The Bertz CT molecular complexity index is 1240. The molecule has 0 aliphatic heterocycles. The Morgan fingerprint density at radius 2 is 1.84 bits per heavy atom. The van der Waals surface area contributed by atoms with Gasteiger partial charge in [0.1, 0.15) is 12.4 Å². The second kappa shape index (κ2) is 9.41. The molecule has 1 amide bonds. The Kier molecular flexibility index (Phi) is 6.04. The quantitative estimate of drug-likeness (QED) is 0.441. The molecule has 0 spiro atoms. The summed E-state index contributed by atoms with van der Waals surface area (Å²) in [7, 11) is 0. The first-order chi connectivity index (χ1) is 15.2. The zero-order valence-electron chi connectivity index (χ0n) is 16.4. The van der Waals surface area contributed by atoms with E-state index in [1.54, 1.807) is 30.3 Å². The number of H-pyrrole nitrogens is 1. The van der Waals surface area contributed by atoms with E-state index in [2.05, 4.69) is 20.0 Å². The summed E-state index contributed by atoms with van der Waals surface area (Å²) < 4.78 is 10.3. The fraction of sp³-hybridized carbons (Fsp3) is 0.0417. The second-order valence-corrected chi connectivity index (χ2v) is 6.69. The summed E-state index contributed by atoms with van der Waals surface area (Å²) in [4.78, 5) is 25.8. The molecule has 4 rings (SSSR count). The number of nitrogens with one attached hydrogen (secondary N) is 2. The third-order valence-electron chi connectivity index (χ3n) is 4.40. The number of aromatic nitrogens is 2. The number of benzene rings is 3. The number of anilines is 1. The van der Waals surface area contributed by atoms with Crippen molar-refractivity contribution >= 4 is 17.7 Å². The first-order valence-corrected chi connectivity index (χ1v) is 9.58. The van der Waals surface area contributed by atoms with Crippen molar-refractivity contribution in [1.82, 2.24) is 10.1 Å². The standard InChI is InChI=1S/C24H19N3O4/c28-22(25-20-8-4-7-19(15-20)23-26-24(29)31-27-23)14-11-17-9-12-21(13-10-17)30-16-18-5-2-1-3-6-18/h1-15H,16H2,(H,25,28)(H,26,27,29)/b14-11+. The minimum atomic E-state index is -0.635. The molecule has 0 unspecified atom stereocenters. The molecule has 0 radical (unpaired) electrons. The third kappa shape index (κ3) is 5.57. The largest absolute Gasteiger partial charge is 0.489 e. The first-order valence-electron chi connectivity index (χ1n) is 9.58. The van der Waals surface area contributed by atoms with E-state index in [4.69, 9.17) is 4.74 Å². The number of carbonyl (C=O) groups excluding carboxylic acids is 1. The summed E-state index contributed by atoms with van der Waals surface area (Å²) in [6.07, 6.45) is 3.17. The van der Waals surface area contributed by atoms with Crippen molar-refractivity contribution in [3.63, 3.8) is 0 Å². The topological polar surface area (TPSA) is 97.2 Å². The molecular formula is C24H19N3O4. The van der Waals surface area contributed by atoms with E-state index in [-0.39, 0.29) is 5.91 Å². The number of aromatic amines is 1. The smallest absolute Gasteiger partial charge is 0.439 e. The van der Waals surface area contributed by atoms with Crippen molar-refractivity contribution in [2.24, 2.45) is 0 Å². The van der Waals surface area contributed by atoms with Gasteiger partial charge in [0, 0.05) is 17.3 Å². The van der Waals surface area contributed by atoms with E-state index in [9.17, 15) is 9.59 Å². The molecule has 7 heteroatoms. The first kappa shape index (κ1) is 19.9. The van der Waals surface area contributed by atoms with E-state index in [1.165, 1.54) is 6.08 Å². The molecule has 4 aromatic rings. The molecule has 1 heterocycles. The lowest BCUT2D eigenvalue weighted by Crippen LogP contribution is -2.07. The number of rotatable bonds is 7. The van der Waals surface area contributed by atoms with Crippen LogP contribution in [-0.2, 0) is 11.4 Å². The van der Waals surface area contributed by atoms with Gasteiger partial charge in [-0.15, -0.1) is 0 Å². The van der Waals surface area contributed by atoms with Crippen molar-refractivity contribution in [2.45, 2.75) is 6.61 Å². The van der Waals surface area contributed by atoms with Gasteiger partial charge in [0.25, 0.3) is 0 Å². The highest BCUT2D eigenvalue weighted by molar-refractivity contribution is 6.02. The molecular weight excluding hydrogens is 394 g/mol. The van der Waals surface area contributed by atoms with Crippen molar-refractivity contribution in [1.29, 1.82) is 0 Å². The number of ether oxygens (including phenoxy) is 1. The minimum Gasteiger partial charge on any atom is -0.489 e. The maximum absolute atomic E-state index is 12.2. The van der Waals surface area contributed by atoms with Crippen molar-refractivity contribution in [3.05, 3.63) is 107 Å². The average Bonchev–Trinajstić information content (AvgIpc) is 3.24. The Morgan fingerprint density at radius 3 is 2.58 bits per heavy atom. The molecule has 0 aliphatic rings. The van der Waals surface area contributed by atoms with Crippen LogP contribution in [0.5, 0.6) is 5.75 Å². The van der Waals surface area contributed by atoms with Gasteiger partial charge in [-0.2, -0.15) is 0 Å². The molecule has 1 aromatic heterocycles. The van der Waals surface area contributed by atoms with Crippen molar-refractivity contribution in [2.75, 3.05) is 5.32 Å². The van der Waals surface area contributed by atoms with Gasteiger partial charge >= 0.3 is 5.76 Å². The maximum atomic E-state index is 12.2. The van der Waals surface area contributed by atoms with Crippen LogP contribution in [-0.4, -0.2) is 16.0 Å². The summed E-state index contributed by atoms with van der Waals surface area (Å²) >= 11 is 0. The predicted molar refractivity (Wildman–Crippen MR) is 117 cm³/mol. The van der Waals surface area contributed by atoms with Crippen LogP contribution >= 0.6 is 0 Å². The van der Waals surface area contributed by atoms with Crippen LogP contribution in [0, 0.1) is 0 Å². The van der Waals surface area contributed by atoms with Gasteiger partial charge in [-0.3, -0.25) is 14.3 Å². The molecule has 0 fully saturated rings. The van der Waals surface area contributed by atoms with Gasteiger partial charge in [0.2, 0.25) is 5.91 Å². The van der Waals surface area contributed by atoms with Crippen LogP contribution in [0.1, 0.15) is 11.1 Å². The highest BCUT2D eigenvalue weighted by Gasteiger charge is 2.06. The molecule has 31 heavy (non-hydrogen) atoms. The monoisotopic (exact) mass is 413 g/mol. The lowest BCUT2D eigenvalue weighted by Gasteiger charge is -2.06. The molecule has 154 valence electrons.